The molecule has 1 unspecified atom stereocenters. The fraction of sp³-hybridized carbons (Fsp3) is 0.412. The van der Waals surface area contributed by atoms with Crippen molar-refractivity contribution >= 4 is 0 Å². The molecule has 0 aliphatic heterocycles. The lowest BCUT2D eigenvalue weighted by molar-refractivity contribution is 0.406. The van der Waals surface area contributed by atoms with E-state index in [1.54, 1.807) is 12.1 Å². The van der Waals surface area contributed by atoms with Crippen LogP contribution in [-0.4, -0.2) is 10.2 Å². The van der Waals surface area contributed by atoms with Crippen LogP contribution in [0.3, 0.4) is 0 Å². The third kappa shape index (κ3) is 2.67. The topological polar surface area (TPSA) is 40.5 Å². The highest BCUT2D eigenvalue weighted by atomic mass is 16.3. The molecule has 0 amide bonds. The molecule has 0 aromatic heterocycles. The van der Waals surface area contributed by atoms with Gasteiger partial charge in [-0.2, -0.15) is 0 Å². The summed E-state index contributed by atoms with van der Waals surface area (Å²) in [6, 6.07) is 3.42. The second kappa shape index (κ2) is 5.12. The Labute approximate surface area is 115 Å². The van der Waals surface area contributed by atoms with Crippen molar-refractivity contribution in [1.82, 2.24) is 0 Å². The van der Waals surface area contributed by atoms with Gasteiger partial charge in [0.15, 0.2) is 0 Å². The first kappa shape index (κ1) is 13.7. The lowest BCUT2D eigenvalue weighted by Gasteiger charge is -2.31. The molecule has 0 saturated heterocycles. The van der Waals surface area contributed by atoms with Gasteiger partial charge in [0.1, 0.15) is 11.5 Å². The van der Waals surface area contributed by atoms with E-state index in [9.17, 15) is 10.2 Å². The van der Waals surface area contributed by atoms with Crippen LogP contribution in [-0.2, 0) is 0 Å². The largest absolute Gasteiger partial charge is 0.507 e. The van der Waals surface area contributed by atoms with Gasteiger partial charge in [0.25, 0.3) is 0 Å². The summed E-state index contributed by atoms with van der Waals surface area (Å²) in [5.41, 5.74) is 3.91. The van der Waals surface area contributed by atoms with Crippen LogP contribution in [0.25, 0.3) is 0 Å². The quantitative estimate of drug-likeness (QED) is 0.771. The van der Waals surface area contributed by atoms with Crippen LogP contribution in [0.4, 0.5) is 0 Å². The standard InChI is InChI=1S/C17H22O2/c1-10(2)13-6-5-11(3)7-14(13)17-15(18)8-12(4)9-16(17)19/h7-9,13-14,18-19H,1,5-6H2,2-4H3/t13?,14-/m0/s1. The summed E-state index contributed by atoms with van der Waals surface area (Å²) in [7, 11) is 0. The minimum Gasteiger partial charge on any atom is -0.507 e. The molecule has 1 aliphatic carbocycles. The monoisotopic (exact) mass is 258 g/mol. The van der Waals surface area contributed by atoms with Gasteiger partial charge in [-0.1, -0.05) is 23.8 Å². The van der Waals surface area contributed by atoms with Crippen LogP contribution in [0.1, 0.15) is 43.7 Å². The predicted molar refractivity (Wildman–Crippen MR) is 78.5 cm³/mol. The molecule has 0 spiro atoms. The Morgan fingerprint density at radius 2 is 1.79 bits per heavy atom. The normalized spacial score (nSPS) is 23.0. The van der Waals surface area contributed by atoms with E-state index < -0.39 is 0 Å². The molecule has 1 aromatic rings. The Hall–Kier alpha value is -1.70. The van der Waals surface area contributed by atoms with Crippen molar-refractivity contribution in [3.05, 3.63) is 47.1 Å². The Balaban J connectivity index is 2.54. The number of hydrogen-bond acceptors (Lipinski definition) is 2. The number of benzene rings is 1. The van der Waals surface area contributed by atoms with Crippen molar-refractivity contribution in [2.45, 2.75) is 39.5 Å². The zero-order valence-corrected chi connectivity index (χ0v) is 11.9. The summed E-state index contributed by atoms with van der Waals surface area (Å²) in [4.78, 5) is 0. The number of allylic oxidation sites excluding steroid dienone is 3. The summed E-state index contributed by atoms with van der Waals surface area (Å²) in [6.45, 7) is 10.0. The summed E-state index contributed by atoms with van der Waals surface area (Å²) in [6.07, 6.45) is 4.24. The van der Waals surface area contributed by atoms with E-state index in [0.29, 0.717) is 5.56 Å². The van der Waals surface area contributed by atoms with Crippen molar-refractivity contribution in [3.8, 4) is 11.5 Å². The molecule has 2 rings (SSSR count). The van der Waals surface area contributed by atoms with Crippen LogP contribution >= 0.6 is 0 Å². The van der Waals surface area contributed by atoms with Crippen LogP contribution in [0.5, 0.6) is 11.5 Å². The molecular formula is C17H22O2. The van der Waals surface area contributed by atoms with Crippen molar-refractivity contribution in [2.24, 2.45) is 5.92 Å². The number of aryl methyl sites for hydroxylation is 1. The van der Waals surface area contributed by atoms with E-state index in [4.69, 9.17) is 0 Å². The number of phenols is 2. The highest BCUT2D eigenvalue weighted by Gasteiger charge is 2.29. The molecule has 2 N–H and O–H groups in total. The second-order valence-electron chi connectivity index (χ2n) is 5.75. The summed E-state index contributed by atoms with van der Waals surface area (Å²) >= 11 is 0. The molecule has 0 radical (unpaired) electrons. The van der Waals surface area contributed by atoms with E-state index in [1.165, 1.54) is 5.57 Å². The lowest BCUT2D eigenvalue weighted by Crippen LogP contribution is -2.17. The number of hydrogen-bond donors (Lipinski definition) is 2. The maximum atomic E-state index is 10.2. The summed E-state index contributed by atoms with van der Waals surface area (Å²) < 4.78 is 0. The smallest absolute Gasteiger partial charge is 0.123 e. The number of phenolic OH excluding ortho intramolecular Hbond substituents is 2. The van der Waals surface area contributed by atoms with E-state index in [1.807, 2.05) is 13.8 Å². The zero-order chi connectivity index (χ0) is 14.2. The Morgan fingerprint density at radius 1 is 1.21 bits per heavy atom. The van der Waals surface area contributed by atoms with Gasteiger partial charge in [0.05, 0.1) is 0 Å². The minimum absolute atomic E-state index is 0.0202. The van der Waals surface area contributed by atoms with Gasteiger partial charge in [0, 0.05) is 11.5 Å². The van der Waals surface area contributed by atoms with Crippen LogP contribution in [0, 0.1) is 12.8 Å². The van der Waals surface area contributed by atoms with Gasteiger partial charge in [-0.15, -0.1) is 0 Å². The molecule has 19 heavy (non-hydrogen) atoms. The average Bonchev–Trinajstić information content (AvgIpc) is 2.27. The fourth-order valence-corrected chi connectivity index (χ4v) is 3.01. The highest BCUT2D eigenvalue weighted by Crippen LogP contribution is 2.46. The molecule has 0 fully saturated rings. The highest BCUT2D eigenvalue weighted by molar-refractivity contribution is 5.51. The van der Waals surface area contributed by atoms with Gasteiger partial charge < -0.3 is 10.2 Å². The van der Waals surface area contributed by atoms with E-state index in [0.717, 1.165) is 24.0 Å². The fourth-order valence-electron chi connectivity index (χ4n) is 3.01. The minimum atomic E-state index is 0.0202. The molecule has 2 atom stereocenters. The first-order valence-corrected chi connectivity index (χ1v) is 6.75. The molecule has 2 heteroatoms. The Kier molecular flexibility index (Phi) is 3.70. The van der Waals surface area contributed by atoms with E-state index in [2.05, 4.69) is 19.6 Å². The van der Waals surface area contributed by atoms with Crippen LogP contribution in [0.2, 0.25) is 0 Å². The Morgan fingerprint density at radius 3 is 2.32 bits per heavy atom. The predicted octanol–water partition coefficient (Wildman–Crippen LogP) is 4.42. The maximum absolute atomic E-state index is 10.2. The molecule has 0 bridgehead atoms. The second-order valence-corrected chi connectivity index (χ2v) is 5.75. The van der Waals surface area contributed by atoms with Gasteiger partial charge in [-0.3, -0.25) is 0 Å². The molecule has 0 heterocycles. The first-order chi connectivity index (χ1) is 8.90. The average molecular weight is 258 g/mol. The van der Waals surface area contributed by atoms with Crippen molar-refractivity contribution in [2.75, 3.05) is 0 Å². The SMILES string of the molecule is C=C(C)C1CCC(C)=C[C@@H]1c1c(O)cc(C)cc1O. The van der Waals surface area contributed by atoms with Crippen LogP contribution in [0.15, 0.2) is 35.9 Å². The van der Waals surface area contributed by atoms with Gasteiger partial charge >= 0.3 is 0 Å². The maximum Gasteiger partial charge on any atom is 0.123 e. The molecule has 2 nitrogen and oxygen atoms in total. The van der Waals surface area contributed by atoms with Crippen LogP contribution < -0.4 is 0 Å². The van der Waals surface area contributed by atoms with Gasteiger partial charge in [-0.05, 0) is 57.2 Å². The van der Waals surface area contributed by atoms with Crippen molar-refractivity contribution in [3.63, 3.8) is 0 Å². The zero-order valence-electron chi connectivity index (χ0n) is 11.9. The van der Waals surface area contributed by atoms with Gasteiger partial charge in [0.2, 0.25) is 0 Å². The summed E-state index contributed by atoms with van der Waals surface area (Å²) in [5, 5.41) is 20.4. The number of rotatable bonds is 2. The molecule has 102 valence electrons. The third-order valence-corrected chi connectivity index (χ3v) is 3.99. The van der Waals surface area contributed by atoms with E-state index >= 15 is 0 Å². The van der Waals surface area contributed by atoms with Gasteiger partial charge in [-0.25, -0.2) is 0 Å². The summed E-state index contributed by atoms with van der Waals surface area (Å²) in [5.74, 6) is 0.662. The number of aromatic hydroxyl groups is 2. The third-order valence-electron chi connectivity index (χ3n) is 3.99. The molecule has 1 aliphatic rings. The van der Waals surface area contributed by atoms with E-state index in [-0.39, 0.29) is 23.3 Å². The molecule has 1 aromatic carbocycles. The Bertz CT molecular complexity index is 517. The van der Waals surface area contributed by atoms with Crippen molar-refractivity contribution in [1.29, 1.82) is 0 Å². The molecular weight excluding hydrogens is 236 g/mol. The first-order valence-electron chi connectivity index (χ1n) is 6.75. The lowest BCUT2D eigenvalue weighted by atomic mass is 9.74. The molecule has 0 saturated carbocycles. The van der Waals surface area contributed by atoms with Crippen molar-refractivity contribution < 1.29 is 10.2 Å².